The summed E-state index contributed by atoms with van der Waals surface area (Å²) in [6.45, 7) is 3.69. The quantitative estimate of drug-likeness (QED) is 0.811. The van der Waals surface area contributed by atoms with Crippen LogP contribution in [0.5, 0.6) is 5.75 Å². The van der Waals surface area contributed by atoms with Gasteiger partial charge in [-0.1, -0.05) is 23.4 Å². The number of anilines is 1. The number of hydrogen-bond acceptors (Lipinski definition) is 4. The second-order valence-corrected chi connectivity index (χ2v) is 5.16. The Morgan fingerprint density at radius 1 is 0.864 bits per heavy atom. The first kappa shape index (κ1) is 14.4. The average Bonchev–Trinajstić information content (AvgIpc) is 2.61. The van der Waals surface area contributed by atoms with Crippen LogP contribution in [0.3, 0.4) is 0 Å². The van der Waals surface area contributed by atoms with Crippen molar-refractivity contribution in [2.24, 2.45) is 10.3 Å². The van der Waals surface area contributed by atoms with Gasteiger partial charge in [0.25, 0.3) is 0 Å². The smallest absolute Gasteiger partial charge is 0.119 e. The third kappa shape index (κ3) is 3.55. The fourth-order valence-corrected chi connectivity index (χ4v) is 2.45. The predicted molar refractivity (Wildman–Crippen MR) is 87.7 cm³/mol. The van der Waals surface area contributed by atoms with Crippen molar-refractivity contribution in [3.8, 4) is 5.75 Å². The van der Waals surface area contributed by atoms with Crippen LogP contribution in [0.1, 0.15) is 0 Å². The lowest BCUT2D eigenvalue weighted by Crippen LogP contribution is -2.43. The summed E-state index contributed by atoms with van der Waals surface area (Å²) in [6.07, 6.45) is 0. The van der Waals surface area contributed by atoms with E-state index in [0.29, 0.717) is 0 Å². The van der Waals surface area contributed by atoms with Crippen LogP contribution in [0, 0.1) is 0 Å². The van der Waals surface area contributed by atoms with Crippen molar-refractivity contribution in [1.29, 1.82) is 0 Å². The summed E-state index contributed by atoms with van der Waals surface area (Å²) in [5, 5.41) is 10.6. The van der Waals surface area contributed by atoms with Gasteiger partial charge in [0.15, 0.2) is 0 Å². The van der Waals surface area contributed by atoms with E-state index in [9.17, 15) is 0 Å². The van der Waals surface area contributed by atoms with Crippen molar-refractivity contribution in [2.75, 3.05) is 38.2 Å². The first-order valence-electron chi connectivity index (χ1n) is 7.46. The normalized spacial score (nSPS) is 15.3. The highest BCUT2D eigenvalue weighted by molar-refractivity contribution is 5.46. The Labute approximate surface area is 130 Å². The Bertz CT molecular complexity index is 604. The number of rotatable bonds is 4. The third-order valence-corrected chi connectivity index (χ3v) is 3.74. The monoisotopic (exact) mass is 296 g/mol. The Kier molecular flexibility index (Phi) is 4.53. The molecule has 5 heteroatoms. The van der Waals surface area contributed by atoms with Crippen LogP contribution in [0.2, 0.25) is 0 Å². The summed E-state index contributed by atoms with van der Waals surface area (Å²) >= 11 is 0. The molecule has 114 valence electrons. The molecule has 0 N–H and O–H groups in total. The number of hydrogen-bond donors (Lipinski definition) is 0. The van der Waals surface area contributed by atoms with Crippen LogP contribution in [0.15, 0.2) is 64.9 Å². The molecule has 1 saturated heterocycles. The van der Waals surface area contributed by atoms with E-state index < -0.39 is 0 Å². The van der Waals surface area contributed by atoms with Gasteiger partial charge < -0.3 is 9.64 Å². The molecule has 0 saturated carbocycles. The van der Waals surface area contributed by atoms with E-state index in [4.69, 9.17) is 4.74 Å². The fourth-order valence-electron chi connectivity index (χ4n) is 2.45. The lowest BCUT2D eigenvalue weighted by molar-refractivity contribution is 0.254. The van der Waals surface area contributed by atoms with Crippen molar-refractivity contribution >= 4 is 11.4 Å². The number of nitrogens with zero attached hydrogens (tertiary/aromatic N) is 4. The van der Waals surface area contributed by atoms with Gasteiger partial charge in [-0.3, -0.25) is 5.01 Å². The maximum atomic E-state index is 5.13. The molecule has 0 unspecified atom stereocenters. The lowest BCUT2D eigenvalue weighted by atomic mass is 10.2. The van der Waals surface area contributed by atoms with E-state index in [1.807, 2.05) is 35.3 Å². The Morgan fingerprint density at radius 3 is 2.18 bits per heavy atom. The summed E-state index contributed by atoms with van der Waals surface area (Å²) in [7, 11) is 1.66. The minimum Gasteiger partial charge on any atom is -0.497 e. The minimum absolute atomic E-state index is 0.829. The maximum absolute atomic E-state index is 5.13. The van der Waals surface area contributed by atoms with E-state index in [0.717, 1.165) is 37.6 Å². The molecule has 1 fully saturated rings. The molecule has 0 aliphatic carbocycles. The summed E-state index contributed by atoms with van der Waals surface area (Å²) in [6, 6.07) is 18.1. The zero-order valence-electron chi connectivity index (χ0n) is 12.7. The molecule has 0 spiro atoms. The molecule has 1 heterocycles. The first-order chi connectivity index (χ1) is 10.8. The van der Waals surface area contributed by atoms with Crippen LogP contribution < -0.4 is 9.64 Å². The van der Waals surface area contributed by atoms with Crippen LogP contribution in [0.25, 0.3) is 0 Å². The number of methoxy groups -OCH3 is 1. The predicted octanol–water partition coefficient (Wildman–Crippen LogP) is 3.52. The summed E-state index contributed by atoms with van der Waals surface area (Å²) in [5.41, 5.74) is 2.11. The molecule has 1 aliphatic heterocycles. The summed E-state index contributed by atoms with van der Waals surface area (Å²) < 4.78 is 5.13. The van der Waals surface area contributed by atoms with Crippen molar-refractivity contribution in [3.05, 3.63) is 54.6 Å². The van der Waals surface area contributed by atoms with Crippen LogP contribution in [0.4, 0.5) is 11.4 Å². The summed E-state index contributed by atoms with van der Waals surface area (Å²) in [5.74, 6) is 0.829. The van der Waals surface area contributed by atoms with Crippen molar-refractivity contribution < 1.29 is 4.74 Å². The van der Waals surface area contributed by atoms with E-state index in [1.165, 1.54) is 5.69 Å². The van der Waals surface area contributed by atoms with Gasteiger partial charge in [-0.2, -0.15) is 0 Å². The molecular weight excluding hydrogens is 276 g/mol. The Balaban J connectivity index is 1.54. The molecule has 5 nitrogen and oxygen atoms in total. The van der Waals surface area contributed by atoms with Crippen molar-refractivity contribution in [2.45, 2.75) is 0 Å². The van der Waals surface area contributed by atoms with Gasteiger partial charge in [0.1, 0.15) is 5.75 Å². The number of benzene rings is 2. The van der Waals surface area contributed by atoms with Crippen molar-refractivity contribution in [3.63, 3.8) is 0 Å². The molecule has 0 atom stereocenters. The SMILES string of the molecule is COc1ccc(/N=N/N2CCN(c3ccccc3)CC2)cc1. The van der Waals surface area contributed by atoms with E-state index in [-0.39, 0.29) is 0 Å². The number of piperazine rings is 1. The molecule has 0 amide bonds. The topological polar surface area (TPSA) is 40.4 Å². The van der Waals surface area contributed by atoms with Gasteiger partial charge >= 0.3 is 0 Å². The molecule has 0 bridgehead atoms. The first-order valence-corrected chi connectivity index (χ1v) is 7.46. The zero-order chi connectivity index (χ0) is 15.2. The highest BCUT2D eigenvalue weighted by Crippen LogP contribution is 2.19. The Hall–Kier alpha value is -2.56. The average molecular weight is 296 g/mol. The number of ether oxygens (including phenoxy) is 1. The van der Waals surface area contributed by atoms with Gasteiger partial charge in [0.2, 0.25) is 0 Å². The fraction of sp³-hybridized carbons (Fsp3) is 0.294. The maximum Gasteiger partial charge on any atom is 0.119 e. The molecule has 3 rings (SSSR count). The summed E-state index contributed by atoms with van der Waals surface area (Å²) in [4.78, 5) is 2.37. The van der Waals surface area contributed by atoms with Gasteiger partial charge in [-0.15, -0.1) is 5.11 Å². The largest absolute Gasteiger partial charge is 0.497 e. The molecule has 22 heavy (non-hydrogen) atoms. The lowest BCUT2D eigenvalue weighted by Gasteiger charge is -2.33. The zero-order valence-corrected chi connectivity index (χ0v) is 12.7. The molecule has 2 aromatic carbocycles. The molecule has 0 aromatic heterocycles. The van der Waals surface area contributed by atoms with Gasteiger partial charge in [0, 0.05) is 18.8 Å². The van der Waals surface area contributed by atoms with E-state index in [1.54, 1.807) is 7.11 Å². The third-order valence-electron chi connectivity index (χ3n) is 3.74. The van der Waals surface area contributed by atoms with Crippen molar-refractivity contribution in [1.82, 2.24) is 5.01 Å². The van der Waals surface area contributed by atoms with Crippen LogP contribution in [-0.2, 0) is 0 Å². The molecule has 2 aromatic rings. The number of para-hydroxylation sites is 1. The molecule has 0 radical (unpaired) electrons. The van der Waals surface area contributed by atoms with E-state index >= 15 is 0 Å². The van der Waals surface area contributed by atoms with Gasteiger partial charge in [-0.05, 0) is 36.4 Å². The van der Waals surface area contributed by atoms with Crippen LogP contribution in [-0.4, -0.2) is 38.3 Å². The standard InChI is InChI=1S/C17H20N4O/c1-22-17-9-7-15(8-10-17)18-19-21-13-11-20(12-14-21)16-5-3-2-4-6-16/h2-10H,11-14H2,1H3/b19-18+. The van der Waals surface area contributed by atoms with Crippen LogP contribution >= 0.6 is 0 Å². The molecular formula is C17H20N4O. The van der Waals surface area contributed by atoms with Gasteiger partial charge in [0.05, 0.1) is 25.9 Å². The second-order valence-electron chi connectivity index (χ2n) is 5.16. The highest BCUT2D eigenvalue weighted by atomic mass is 16.5. The van der Waals surface area contributed by atoms with Gasteiger partial charge in [-0.25, -0.2) is 0 Å². The second kappa shape index (κ2) is 6.93. The molecule has 1 aliphatic rings. The minimum atomic E-state index is 0.829. The highest BCUT2D eigenvalue weighted by Gasteiger charge is 2.15. The Morgan fingerprint density at radius 2 is 1.55 bits per heavy atom. The van der Waals surface area contributed by atoms with E-state index in [2.05, 4.69) is 39.5 Å².